The molecule has 0 aromatic heterocycles. The van der Waals surface area contributed by atoms with Gasteiger partial charge in [-0.05, 0) is 31.3 Å². The molecular weight excluding hydrogens is 154 g/mol. The fourth-order valence-electron chi connectivity index (χ4n) is 1.42. The molecule has 0 bridgehead atoms. The number of allylic oxidation sites excluding steroid dienone is 1. The Morgan fingerprint density at radius 1 is 1.67 bits per heavy atom. The van der Waals surface area contributed by atoms with E-state index < -0.39 is 6.04 Å². The fourth-order valence-corrected chi connectivity index (χ4v) is 1.42. The molecule has 1 rings (SSSR count). The highest BCUT2D eigenvalue weighted by Crippen LogP contribution is 2.19. The number of hydrogen-bond acceptors (Lipinski definition) is 3. The van der Waals surface area contributed by atoms with E-state index in [4.69, 9.17) is 5.73 Å². The van der Waals surface area contributed by atoms with Crippen LogP contribution in [0.15, 0.2) is 11.6 Å². The second-order valence-electron chi connectivity index (χ2n) is 3.03. The van der Waals surface area contributed by atoms with Gasteiger partial charge in [0.1, 0.15) is 6.04 Å². The highest BCUT2D eigenvalue weighted by molar-refractivity contribution is 5.79. The van der Waals surface area contributed by atoms with E-state index in [1.165, 1.54) is 13.5 Å². The van der Waals surface area contributed by atoms with Gasteiger partial charge >= 0.3 is 5.97 Å². The highest BCUT2D eigenvalue weighted by Gasteiger charge is 2.19. The molecule has 0 aromatic rings. The third-order valence-corrected chi connectivity index (χ3v) is 2.18. The van der Waals surface area contributed by atoms with Crippen molar-refractivity contribution in [2.24, 2.45) is 5.73 Å². The van der Waals surface area contributed by atoms with E-state index in [2.05, 4.69) is 10.8 Å². The Labute approximate surface area is 72.6 Å². The molecule has 1 aliphatic rings. The minimum Gasteiger partial charge on any atom is -0.468 e. The van der Waals surface area contributed by atoms with Gasteiger partial charge in [0.2, 0.25) is 0 Å². The summed E-state index contributed by atoms with van der Waals surface area (Å²) >= 11 is 0. The number of carbonyl (C=O) groups is 1. The van der Waals surface area contributed by atoms with Crippen LogP contribution in [0, 0.1) is 0 Å². The molecule has 1 atom stereocenters. The number of hydrogen-bond donors (Lipinski definition) is 1. The maximum Gasteiger partial charge on any atom is 0.326 e. The van der Waals surface area contributed by atoms with E-state index >= 15 is 0 Å². The number of methoxy groups -OCH3 is 1. The van der Waals surface area contributed by atoms with E-state index in [1.807, 2.05) is 0 Å². The molecule has 0 saturated heterocycles. The smallest absolute Gasteiger partial charge is 0.326 e. The first-order chi connectivity index (χ1) is 5.75. The number of nitrogens with two attached hydrogens (primary N) is 1. The van der Waals surface area contributed by atoms with Crippen molar-refractivity contribution in [1.82, 2.24) is 0 Å². The summed E-state index contributed by atoms with van der Waals surface area (Å²) in [4.78, 5) is 11.0. The standard InChI is InChI=1S/C9H15NO2/c1-12-9(11)8(10)7-5-3-2-4-6-7/h5,8H,2-4,6,10H2,1H3. The summed E-state index contributed by atoms with van der Waals surface area (Å²) in [5.41, 5.74) is 6.69. The zero-order valence-electron chi connectivity index (χ0n) is 7.38. The van der Waals surface area contributed by atoms with Crippen molar-refractivity contribution in [3.63, 3.8) is 0 Å². The third kappa shape index (κ3) is 2.08. The van der Waals surface area contributed by atoms with E-state index in [0.717, 1.165) is 24.8 Å². The summed E-state index contributed by atoms with van der Waals surface area (Å²) in [5, 5.41) is 0. The number of ether oxygens (including phenoxy) is 1. The van der Waals surface area contributed by atoms with E-state index in [-0.39, 0.29) is 5.97 Å². The first-order valence-corrected chi connectivity index (χ1v) is 4.28. The van der Waals surface area contributed by atoms with Crippen molar-refractivity contribution in [3.8, 4) is 0 Å². The van der Waals surface area contributed by atoms with Crippen LogP contribution >= 0.6 is 0 Å². The molecule has 1 unspecified atom stereocenters. The quantitative estimate of drug-likeness (QED) is 0.495. The molecule has 0 heterocycles. The van der Waals surface area contributed by atoms with Gasteiger partial charge in [-0.15, -0.1) is 0 Å². The molecule has 3 heteroatoms. The van der Waals surface area contributed by atoms with Gasteiger partial charge in [0.05, 0.1) is 7.11 Å². The average molecular weight is 169 g/mol. The summed E-state index contributed by atoms with van der Waals surface area (Å²) in [7, 11) is 1.37. The van der Waals surface area contributed by atoms with Crippen molar-refractivity contribution in [2.45, 2.75) is 31.7 Å². The van der Waals surface area contributed by atoms with Crippen LogP contribution in [0.1, 0.15) is 25.7 Å². The predicted molar refractivity (Wildman–Crippen MR) is 46.5 cm³/mol. The maximum absolute atomic E-state index is 11.0. The SMILES string of the molecule is COC(=O)C(N)C1=CCCCC1. The molecule has 0 aliphatic heterocycles. The van der Waals surface area contributed by atoms with Crippen LogP contribution in [0.2, 0.25) is 0 Å². The Bertz CT molecular complexity index is 199. The number of esters is 1. The summed E-state index contributed by atoms with van der Waals surface area (Å²) in [6.45, 7) is 0. The lowest BCUT2D eigenvalue weighted by atomic mass is 9.94. The van der Waals surface area contributed by atoms with Crippen LogP contribution < -0.4 is 5.73 Å². The van der Waals surface area contributed by atoms with Crippen LogP contribution in [0.5, 0.6) is 0 Å². The zero-order chi connectivity index (χ0) is 8.97. The van der Waals surface area contributed by atoms with Crippen LogP contribution in [0.3, 0.4) is 0 Å². The van der Waals surface area contributed by atoms with Crippen molar-refractivity contribution < 1.29 is 9.53 Å². The summed E-state index contributed by atoms with van der Waals surface area (Å²) in [5.74, 6) is -0.330. The van der Waals surface area contributed by atoms with Crippen LogP contribution in [-0.2, 0) is 9.53 Å². The van der Waals surface area contributed by atoms with Gasteiger partial charge in [-0.2, -0.15) is 0 Å². The summed E-state index contributed by atoms with van der Waals surface area (Å²) in [6.07, 6.45) is 6.38. The fraction of sp³-hybridized carbons (Fsp3) is 0.667. The minimum atomic E-state index is -0.532. The lowest BCUT2D eigenvalue weighted by Crippen LogP contribution is -2.34. The van der Waals surface area contributed by atoms with Gasteiger partial charge in [0, 0.05) is 0 Å². The lowest BCUT2D eigenvalue weighted by molar-refractivity contribution is -0.141. The maximum atomic E-state index is 11.0. The first kappa shape index (κ1) is 9.26. The van der Waals surface area contributed by atoms with Crippen molar-refractivity contribution in [2.75, 3.05) is 7.11 Å². The molecule has 0 spiro atoms. The molecule has 0 amide bonds. The number of rotatable bonds is 2. The van der Waals surface area contributed by atoms with E-state index in [0.29, 0.717) is 0 Å². The summed E-state index contributed by atoms with van der Waals surface area (Å²) in [6, 6.07) is -0.532. The van der Waals surface area contributed by atoms with E-state index in [1.54, 1.807) is 0 Å². The molecule has 0 fully saturated rings. The Morgan fingerprint density at radius 2 is 2.42 bits per heavy atom. The monoisotopic (exact) mass is 169 g/mol. The molecule has 1 aliphatic carbocycles. The first-order valence-electron chi connectivity index (χ1n) is 4.28. The predicted octanol–water partition coefficient (Wildman–Crippen LogP) is 0.987. The van der Waals surface area contributed by atoms with E-state index in [9.17, 15) is 4.79 Å². The topological polar surface area (TPSA) is 52.3 Å². The second-order valence-corrected chi connectivity index (χ2v) is 3.03. The molecule has 0 radical (unpaired) electrons. The Kier molecular flexibility index (Phi) is 3.29. The van der Waals surface area contributed by atoms with Crippen molar-refractivity contribution in [3.05, 3.63) is 11.6 Å². The Morgan fingerprint density at radius 3 is 2.92 bits per heavy atom. The summed E-state index contributed by atoms with van der Waals surface area (Å²) < 4.78 is 4.56. The zero-order valence-corrected chi connectivity index (χ0v) is 7.38. The van der Waals surface area contributed by atoms with Crippen LogP contribution in [-0.4, -0.2) is 19.1 Å². The van der Waals surface area contributed by atoms with Gasteiger partial charge in [0.15, 0.2) is 0 Å². The molecular formula is C9H15NO2. The van der Waals surface area contributed by atoms with Gasteiger partial charge in [-0.1, -0.05) is 6.08 Å². The molecule has 2 N–H and O–H groups in total. The van der Waals surface area contributed by atoms with Crippen LogP contribution in [0.25, 0.3) is 0 Å². The van der Waals surface area contributed by atoms with Crippen molar-refractivity contribution >= 4 is 5.97 Å². The second kappa shape index (κ2) is 4.26. The Hall–Kier alpha value is -0.830. The third-order valence-electron chi connectivity index (χ3n) is 2.18. The molecule has 0 aromatic carbocycles. The van der Waals surface area contributed by atoms with Gasteiger partial charge in [0.25, 0.3) is 0 Å². The number of carbonyl (C=O) groups excluding carboxylic acids is 1. The van der Waals surface area contributed by atoms with Crippen LogP contribution in [0.4, 0.5) is 0 Å². The van der Waals surface area contributed by atoms with Gasteiger partial charge in [-0.3, -0.25) is 4.79 Å². The molecule has 0 saturated carbocycles. The van der Waals surface area contributed by atoms with Gasteiger partial charge in [-0.25, -0.2) is 0 Å². The molecule has 68 valence electrons. The molecule has 3 nitrogen and oxygen atoms in total. The highest BCUT2D eigenvalue weighted by atomic mass is 16.5. The minimum absolute atomic E-state index is 0.330. The largest absolute Gasteiger partial charge is 0.468 e. The normalized spacial score (nSPS) is 19.7. The van der Waals surface area contributed by atoms with Crippen molar-refractivity contribution in [1.29, 1.82) is 0 Å². The van der Waals surface area contributed by atoms with Gasteiger partial charge < -0.3 is 10.5 Å². The molecule has 12 heavy (non-hydrogen) atoms. The average Bonchev–Trinajstić information content (AvgIpc) is 2.17. The lowest BCUT2D eigenvalue weighted by Gasteiger charge is -2.17. The Balaban J connectivity index is 2.56.